The van der Waals surface area contributed by atoms with Gasteiger partial charge in [-0.1, -0.05) is 18.2 Å². The van der Waals surface area contributed by atoms with Crippen molar-refractivity contribution in [1.82, 2.24) is 4.90 Å². The van der Waals surface area contributed by atoms with Gasteiger partial charge < -0.3 is 15.0 Å². The second-order valence-corrected chi connectivity index (χ2v) is 5.42. The van der Waals surface area contributed by atoms with E-state index in [9.17, 15) is 0 Å². The van der Waals surface area contributed by atoms with Crippen LogP contribution in [-0.4, -0.2) is 37.7 Å². The lowest BCUT2D eigenvalue weighted by atomic mass is 10.1. The highest BCUT2D eigenvalue weighted by Crippen LogP contribution is 2.21. The lowest BCUT2D eigenvalue weighted by Crippen LogP contribution is -2.21. The Hall–Kier alpha value is -1.06. The molecule has 0 saturated carbocycles. The molecule has 2 rings (SSSR count). The van der Waals surface area contributed by atoms with Gasteiger partial charge >= 0.3 is 0 Å². The maximum absolute atomic E-state index is 5.83. The van der Waals surface area contributed by atoms with E-state index in [-0.39, 0.29) is 0 Å². The van der Waals surface area contributed by atoms with E-state index in [2.05, 4.69) is 55.5 Å². The largest absolute Gasteiger partial charge is 0.382 e. The predicted octanol–water partition coefficient (Wildman–Crippen LogP) is 2.73. The van der Waals surface area contributed by atoms with Crippen LogP contribution in [0.3, 0.4) is 0 Å². The van der Waals surface area contributed by atoms with Gasteiger partial charge in [0.2, 0.25) is 0 Å². The standard InChI is InChI=1S/C15H24N2O/c1-12-8-9-14(18-12)10-16-15-7-5-4-6-13(15)11-17(2)3/h4-7,12,14,16H,8-11H2,1-3H3. The maximum atomic E-state index is 5.83. The third kappa shape index (κ3) is 3.72. The summed E-state index contributed by atoms with van der Waals surface area (Å²) in [4.78, 5) is 2.19. The van der Waals surface area contributed by atoms with Crippen molar-refractivity contribution in [3.8, 4) is 0 Å². The predicted molar refractivity (Wildman–Crippen MR) is 75.9 cm³/mol. The Balaban J connectivity index is 1.92. The number of nitrogens with zero attached hydrogens (tertiary/aromatic N) is 1. The van der Waals surface area contributed by atoms with Crippen molar-refractivity contribution >= 4 is 5.69 Å². The average Bonchev–Trinajstić information content (AvgIpc) is 2.73. The van der Waals surface area contributed by atoms with Crippen LogP contribution in [0.5, 0.6) is 0 Å². The molecular weight excluding hydrogens is 224 g/mol. The monoisotopic (exact) mass is 248 g/mol. The fraction of sp³-hybridized carbons (Fsp3) is 0.600. The summed E-state index contributed by atoms with van der Waals surface area (Å²) in [7, 11) is 4.19. The summed E-state index contributed by atoms with van der Waals surface area (Å²) in [6.07, 6.45) is 3.15. The number of para-hydroxylation sites is 1. The van der Waals surface area contributed by atoms with Gasteiger partial charge in [-0.25, -0.2) is 0 Å². The van der Waals surface area contributed by atoms with E-state index in [4.69, 9.17) is 4.74 Å². The number of benzene rings is 1. The molecule has 3 nitrogen and oxygen atoms in total. The minimum absolute atomic E-state index is 0.368. The van der Waals surface area contributed by atoms with Crippen LogP contribution in [0.15, 0.2) is 24.3 Å². The number of anilines is 1. The van der Waals surface area contributed by atoms with Gasteiger partial charge in [-0.05, 0) is 45.5 Å². The van der Waals surface area contributed by atoms with Crippen LogP contribution in [0.25, 0.3) is 0 Å². The van der Waals surface area contributed by atoms with Gasteiger partial charge in [-0.2, -0.15) is 0 Å². The maximum Gasteiger partial charge on any atom is 0.0751 e. The van der Waals surface area contributed by atoms with Gasteiger partial charge in [0.1, 0.15) is 0 Å². The Morgan fingerprint density at radius 1 is 1.28 bits per heavy atom. The van der Waals surface area contributed by atoms with Crippen molar-refractivity contribution in [2.45, 2.75) is 38.5 Å². The first-order chi connectivity index (χ1) is 8.65. The summed E-state index contributed by atoms with van der Waals surface area (Å²) >= 11 is 0. The molecular formula is C15H24N2O. The zero-order valence-electron chi connectivity index (χ0n) is 11.6. The Morgan fingerprint density at radius 3 is 2.72 bits per heavy atom. The lowest BCUT2D eigenvalue weighted by Gasteiger charge is -2.18. The molecule has 0 aromatic heterocycles. The summed E-state index contributed by atoms with van der Waals surface area (Å²) in [5.41, 5.74) is 2.57. The van der Waals surface area contributed by atoms with E-state index in [0.29, 0.717) is 12.2 Å². The van der Waals surface area contributed by atoms with Crippen molar-refractivity contribution in [2.24, 2.45) is 0 Å². The molecule has 0 aliphatic carbocycles. The summed E-state index contributed by atoms with van der Waals surface area (Å²) in [5.74, 6) is 0. The molecule has 0 bridgehead atoms. The highest BCUT2D eigenvalue weighted by molar-refractivity contribution is 5.51. The van der Waals surface area contributed by atoms with E-state index in [1.54, 1.807) is 0 Å². The molecule has 1 aliphatic rings. The highest BCUT2D eigenvalue weighted by Gasteiger charge is 2.21. The summed E-state index contributed by atoms with van der Waals surface area (Å²) < 4.78 is 5.83. The Morgan fingerprint density at radius 2 is 2.06 bits per heavy atom. The summed E-state index contributed by atoms with van der Waals surface area (Å²) in [6, 6.07) is 8.51. The zero-order valence-corrected chi connectivity index (χ0v) is 11.6. The molecule has 1 N–H and O–H groups in total. The summed E-state index contributed by atoms with van der Waals surface area (Å²) in [5, 5.41) is 3.53. The van der Waals surface area contributed by atoms with Crippen LogP contribution in [-0.2, 0) is 11.3 Å². The number of hydrogen-bond donors (Lipinski definition) is 1. The van der Waals surface area contributed by atoms with Crippen molar-refractivity contribution in [3.05, 3.63) is 29.8 Å². The van der Waals surface area contributed by atoms with E-state index >= 15 is 0 Å². The summed E-state index contributed by atoms with van der Waals surface area (Å²) in [6.45, 7) is 4.03. The van der Waals surface area contributed by atoms with Gasteiger partial charge in [0.15, 0.2) is 0 Å². The van der Waals surface area contributed by atoms with Crippen molar-refractivity contribution in [2.75, 3.05) is 26.0 Å². The van der Waals surface area contributed by atoms with Gasteiger partial charge in [0, 0.05) is 18.8 Å². The quantitative estimate of drug-likeness (QED) is 0.867. The van der Waals surface area contributed by atoms with Crippen LogP contribution in [0.4, 0.5) is 5.69 Å². The smallest absolute Gasteiger partial charge is 0.0751 e. The molecule has 2 atom stereocenters. The number of ether oxygens (including phenoxy) is 1. The molecule has 1 aromatic rings. The molecule has 2 unspecified atom stereocenters. The van der Waals surface area contributed by atoms with Crippen LogP contribution >= 0.6 is 0 Å². The second-order valence-electron chi connectivity index (χ2n) is 5.42. The molecule has 1 heterocycles. The van der Waals surface area contributed by atoms with Crippen LogP contribution in [0.1, 0.15) is 25.3 Å². The first-order valence-electron chi connectivity index (χ1n) is 6.77. The molecule has 0 amide bonds. The molecule has 1 aromatic carbocycles. The van der Waals surface area contributed by atoms with Crippen molar-refractivity contribution in [1.29, 1.82) is 0 Å². The zero-order chi connectivity index (χ0) is 13.0. The van der Waals surface area contributed by atoms with Gasteiger partial charge in [-0.15, -0.1) is 0 Å². The molecule has 1 saturated heterocycles. The number of hydrogen-bond acceptors (Lipinski definition) is 3. The molecule has 0 radical (unpaired) electrons. The van der Waals surface area contributed by atoms with E-state index < -0.39 is 0 Å². The van der Waals surface area contributed by atoms with Crippen LogP contribution in [0.2, 0.25) is 0 Å². The molecule has 0 spiro atoms. The molecule has 1 aliphatic heterocycles. The van der Waals surface area contributed by atoms with Crippen LogP contribution < -0.4 is 5.32 Å². The minimum Gasteiger partial charge on any atom is -0.382 e. The minimum atomic E-state index is 0.368. The lowest BCUT2D eigenvalue weighted by molar-refractivity contribution is 0.0637. The topological polar surface area (TPSA) is 24.5 Å². The first kappa shape index (κ1) is 13.4. The number of rotatable bonds is 5. The molecule has 18 heavy (non-hydrogen) atoms. The van der Waals surface area contributed by atoms with E-state index in [0.717, 1.165) is 13.1 Å². The highest BCUT2D eigenvalue weighted by atomic mass is 16.5. The first-order valence-corrected chi connectivity index (χ1v) is 6.77. The Labute approximate surface area is 110 Å². The Bertz CT molecular complexity index is 379. The Kier molecular flexibility index (Phi) is 4.61. The SMILES string of the molecule is CC1CCC(CNc2ccccc2CN(C)C)O1. The second kappa shape index (κ2) is 6.21. The van der Waals surface area contributed by atoms with E-state index in [1.165, 1.54) is 24.1 Å². The molecule has 3 heteroatoms. The molecule has 100 valence electrons. The third-order valence-electron chi connectivity index (χ3n) is 3.34. The van der Waals surface area contributed by atoms with Crippen molar-refractivity contribution in [3.63, 3.8) is 0 Å². The van der Waals surface area contributed by atoms with E-state index in [1.807, 2.05) is 0 Å². The normalized spacial score (nSPS) is 23.6. The third-order valence-corrected chi connectivity index (χ3v) is 3.34. The van der Waals surface area contributed by atoms with Gasteiger partial charge in [-0.3, -0.25) is 0 Å². The average molecular weight is 248 g/mol. The fourth-order valence-corrected chi connectivity index (χ4v) is 2.43. The van der Waals surface area contributed by atoms with Gasteiger partial charge in [0.05, 0.1) is 12.2 Å². The van der Waals surface area contributed by atoms with Gasteiger partial charge in [0.25, 0.3) is 0 Å². The van der Waals surface area contributed by atoms with Crippen molar-refractivity contribution < 1.29 is 4.74 Å². The fourth-order valence-electron chi connectivity index (χ4n) is 2.43. The van der Waals surface area contributed by atoms with Crippen LogP contribution in [0, 0.1) is 0 Å². The number of nitrogens with one attached hydrogen (secondary N) is 1. The molecule has 1 fully saturated rings.